The maximum Gasteiger partial charge on any atom is 0.295 e. The molecular formula is C6H14O3Si. The smallest absolute Gasteiger partial charge is 0.295 e. The van der Waals surface area contributed by atoms with Gasteiger partial charge in [-0.15, -0.1) is 0 Å². The van der Waals surface area contributed by atoms with Gasteiger partial charge in [-0.05, 0) is 26.6 Å². The molecule has 0 fully saturated rings. The van der Waals surface area contributed by atoms with Crippen molar-refractivity contribution in [3.63, 3.8) is 0 Å². The fraction of sp³-hybridized carbons (Fsp3) is 0.833. The summed E-state index contributed by atoms with van der Waals surface area (Å²) in [7, 11) is -1.54. The van der Waals surface area contributed by atoms with Crippen LogP contribution in [-0.4, -0.2) is 21.1 Å². The molecule has 0 heterocycles. The quantitative estimate of drug-likeness (QED) is 0.356. The van der Waals surface area contributed by atoms with Crippen LogP contribution in [0.2, 0.25) is 19.6 Å². The molecule has 0 aliphatic rings. The molecule has 0 aromatic rings. The van der Waals surface area contributed by atoms with Crippen LogP contribution in [0.5, 0.6) is 0 Å². The van der Waals surface area contributed by atoms with Gasteiger partial charge in [0, 0.05) is 0 Å². The van der Waals surface area contributed by atoms with E-state index in [2.05, 4.69) is 4.74 Å². The van der Waals surface area contributed by atoms with Crippen molar-refractivity contribution in [2.45, 2.75) is 32.9 Å². The Labute approximate surface area is 62.5 Å². The normalized spacial score (nSPS) is 14.4. The second kappa shape index (κ2) is 3.73. The van der Waals surface area contributed by atoms with Crippen LogP contribution in [0.4, 0.5) is 0 Å². The number of carbonyl (C=O) groups is 1. The fourth-order valence-electron chi connectivity index (χ4n) is 0.604. The van der Waals surface area contributed by atoms with E-state index < -0.39 is 14.6 Å². The summed E-state index contributed by atoms with van der Waals surface area (Å²) in [6, 6.07) is 0. The molecule has 60 valence electrons. The minimum Gasteiger partial charge on any atom is -0.439 e. The van der Waals surface area contributed by atoms with Crippen molar-refractivity contribution in [1.82, 2.24) is 0 Å². The standard InChI is InChI=1S/C6H14O3Si/c1-6(8-5-7)9-10(2,3)4/h5-6H,1-4H3. The van der Waals surface area contributed by atoms with Crippen LogP contribution in [-0.2, 0) is 14.0 Å². The molecular weight excluding hydrogens is 148 g/mol. The van der Waals surface area contributed by atoms with Crippen LogP contribution in [0, 0.1) is 0 Å². The first-order chi connectivity index (χ1) is 4.45. The van der Waals surface area contributed by atoms with E-state index >= 15 is 0 Å². The van der Waals surface area contributed by atoms with Gasteiger partial charge in [-0.1, -0.05) is 0 Å². The Balaban J connectivity index is 3.56. The van der Waals surface area contributed by atoms with Gasteiger partial charge in [0.2, 0.25) is 0 Å². The number of rotatable bonds is 4. The molecule has 0 aliphatic carbocycles. The highest BCUT2D eigenvalue weighted by atomic mass is 28.4. The Morgan fingerprint density at radius 3 is 2.20 bits per heavy atom. The first-order valence-corrected chi connectivity index (χ1v) is 6.63. The van der Waals surface area contributed by atoms with Crippen molar-refractivity contribution >= 4 is 14.8 Å². The summed E-state index contributed by atoms with van der Waals surface area (Å²) in [6.45, 7) is 8.24. The highest BCUT2D eigenvalue weighted by Gasteiger charge is 2.18. The van der Waals surface area contributed by atoms with Crippen molar-refractivity contribution in [2.24, 2.45) is 0 Å². The van der Waals surface area contributed by atoms with Gasteiger partial charge in [0.15, 0.2) is 14.6 Å². The van der Waals surface area contributed by atoms with E-state index in [0.717, 1.165) is 0 Å². The van der Waals surface area contributed by atoms with Crippen LogP contribution in [0.3, 0.4) is 0 Å². The zero-order valence-electron chi connectivity index (χ0n) is 6.88. The number of ether oxygens (including phenoxy) is 1. The number of hydrogen-bond acceptors (Lipinski definition) is 3. The largest absolute Gasteiger partial charge is 0.439 e. The predicted molar refractivity (Wildman–Crippen MR) is 41.0 cm³/mol. The summed E-state index contributed by atoms with van der Waals surface area (Å²) < 4.78 is 9.91. The van der Waals surface area contributed by atoms with Crippen LogP contribution in [0.25, 0.3) is 0 Å². The van der Waals surface area contributed by atoms with Crippen molar-refractivity contribution in [2.75, 3.05) is 0 Å². The van der Waals surface area contributed by atoms with Gasteiger partial charge >= 0.3 is 0 Å². The van der Waals surface area contributed by atoms with E-state index in [-0.39, 0.29) is 0 Å². The maximum absolute atomic E-state index is 9.81. The van der Waals surface area contributed by atoms with Crippen molar-refractivity contribution in [3.05, 3.63) is 0 Å². The Bertz CT molecular complexity index is 108. The topological polar surface area (TPSA) is 35.5 Å². The summed E-state index contributed by atoms with van der Waals surface area (Å²) in [5.41, 5.74) is 0. The Kier molecular flexibility index (Phi) is 3.60. The maximum atomic E-state index is 9.81. The molecule has 10 heavy (non-hydrogen) atoms. The van der Waals surface area contributed by atoms with E-state index in [1.807, 2.05) is 19.6 Å². The zero-order valence-corrected chi connectivity index (χ0v) is 7.88. The summed E-state index contributed by atoms with van der Waals surface area (Å²) in [5.74, 6) is 0. The molecule has 1 unspecified atom stereocenters. The van der Waals surface area contributed by atoms with Crippen LogP contribution < -0.4 is 0 Å². The molecule has 0 aromatic carbocycles. The second-order valence-corrected chi connectivity index (χ2v) is 7.49. The lowest BCUT2D eigenvalue weighted by Crippen LogP contribution is -2.31. The monoisotopic (exact) mass is 162 g/mol. The average molecular weight is 162 g/mol. The van der Waals surface area contributed by atoms with E-state index in [1.54, 1.807) is 6.92 Å². The molecule has 0 amide bonds. The lowest BCUT2D eigenvalue weighted by atomic mass is 10.8. The van der Waals surface area contributed by atoms with Crippen LogP contribution >= 0.6 is 0 Å². The van der Waals surface area contributed by atoms with E-state index in [1.165, 1.54) is 0 Å². The molecule has 0 saturated carbocycles. The SMILES string of the molecule is CC(OC=O)O[Si](C)(C)C. The fourth-order valence-corrected chi connectivity index (χ4v) is 1.66. The van der Waals surface area contributed by atoms with Gasteiger partial charge in [0.05, 0.1) is 0 Å². The summed E-state index contributed by atoms with van der Waals surface area (Å²) >= 11 is 0. The average Bonchev–Trinajstić information content (AvgIpc) is 1.59. The molecule has 0 aliphatic heterocycles. The first-order valence-electron chi connectivity index (χ1n) is 3.22. The molecule has 3 nitrogen and oxygen atoms in total. The van der Waals surface area contributed by atoms with E-state index in [0.29, 0.717) is 6.47 Å². The van der Waals surface area contributed by atoms with Crippen molar-refractivity contribution < 1.29 is 14.0 Å². The third-order valence-corrected chi connectivity index (χ3v) is 1.81. The minimum atomic E-state index is -1.54. The van der Waals surface area contributed by atoms with Gasteiger partial charge in [-0.3, -0.25) is 4.79 Å². The molecule has 0 saturated heterocycles. The minimum absolute atomic E-state index is 0.399. The lowest BCUT2D eigenvalue weighted by Gasteiger charge is -2.21. The number of hydrogen-bond donors (Lipinski definition) is 0. The van der Waals surface area contributed by atoms with E-state index in [9.17, 15) is 4.79 Å². The molecule has 4 heteroatoms. The Morgan fingerprint density at radius 1 is 1.40 bits per heavy atom. The van der Waals surface area contributed by atoms with E-state index in [4.69, 9.17) is 4.43 Å². The molecule has 0 radical (unpaired) electrons. The third-order valence-electron chi connectivity index (χ3n) is 0.767. The summed E-state index contributed by atoms with van der Waals surface area (Å²) in [4.78, 5) is 9.81. The highest BCUT2D eigenvalue weighted by molar-refractivity contribution is 6.69. The number of carbonyl (C=O) groups excluding carboxylic acids is 1. The zero-order chi connectivity index (χ0) is 8.20. The van der Waals surface area contributed by atoms with Gasteiger partial charge in [-0.2, -0.15) is 0 Å². The molecule has 0 aromatic heterocycles. The summed E-state index contributed by atoms with van der Waals surface area (Å²) in [6.07, 6.45) is -0.399. The Morgan fingerprint density at radius 2 is 1.90 bits per heavy atom. The molecule has 1 atom stereocenters. The third kappa shape index (κ3) is 5.78. The van der Waals surface area contributed by atoms with Crippen molar-refractivity contribution in [1.29, 1.82) is 0 Å². The Hall–Kier alpha value is -0.353. The molecule has 0 N–H and O–H groups in total. The predicted octanol–water partition coefficient (Wildman–Crippen LogP) is 1.36. The highest BCUT2D eigenvalue weighted by Crippen LogP contribution is 2.06. The van der Waals surface area contributed by atoms with Crippen LogP contribution in [0.15, 0.2) is 0 Å². The molecule has 0 bridgehead atoms. The van der Waals surface area contributed by atoms with Crippen LogP contribution in [0.1, 0.15) is 6.92 Å². The summed E-state index contributed by atoms with van der Waals surface area (Å²) in [5, 5.41) is 0. The van der Waals surface area contributed by atoms with Gasteiger partial charge in [-0.25, -0.2) is 0 Å². The van der Waals surface area contributed by atoms with Gasteiger partial charge in [0.1, 0.15) is 0 Å². The first kappa shape index (κ1) is 9.65. The molecule has 0 spiro atoms. The lowest BCUT2D eigenvalue weighted by molar-refractivity contribution is -0.146. The second-order valence-electron chi connectivity index (χ2n) is 3.03. The van der Waals surface area contributed by atoms with Gasteiger partial charge < -0.3 is 9.16 Å². The van der Waals surface area contributed by atoms with Crippen molar-refractivity contribution in [3.8, 4) is 0 Å². The van der Waals surface area contributed by atoms with Gasteiger partial charge in [0.25, 0.3) is 6.47 Å². The molecule has 0 rings (SSSR count).